The second kappa shape index (κ2) is 2.66. The highest BCUT2D eigenvalue weighted by molar-refractivity contribution is 7.10. The van der Waals surface area contributed by atoms with E-state index in [2.05, 4.69) is 11.4 Å². The molecule has 1 fully saturated rings. The Balaban J connectivity index is 2.13. The van der Waals surface area contributed by atoms with E-state index in [0.717, 1.165) is 6.54 Å². The lowest BCUT2D eigenvalue weighted by Crippen LogP contribution is -2.13. The van der Waals surface area contributed by atoms with Crippen molar-refractivity contribution in [2.24, 2.45) is 0 Å². The van der Waals surface area contributed by atoms with Crippen LogP contribution in [-0.2, 0) is 4.79 Å². The smallest absolute Gasteiger partial charge is 0.221 e. The van der Waals surface area contributed by atoms with Gasteiger partial charge in [-0.2, -0.15) is 0 Å². The number of rotatable bonds is 1. The lowest BCUT2D eigenvalue weighted by Gasteiger charge is -1.99. The van der Waals surface area contributed by atoms with Crippen LogP contribution in [0.2, 0.25) is 0 Å². The van der Waals surface area contributed by atoms with Crippen molar-refractivity contribution in [1.29, 1.82) is 0 Å². The second-order valence-corrected chi connectivity index (χ2v) is 3.48. The van der Waals surface area contributed by atoms with Crippen LogP contribution in [0.15, 0.2) is 17.5 Å². The number of carbonyl (C=O) groups excluding carboxylic acids is 1. The molecule has 1 aliphatic rings. The van der Waals surface area contributed by atoms with Gasteiger partial charge in [-0.15, -0.1) is 11.3 Å². The standard InChI is InChI=1S/C8H8NOS/c10-8-4-6(5-9-8)7-2-1-3-11-7/h1-3H,4-5H2,(H,9,10). The molecule has 3 heteroatoms. The second-order valence-electron chi connectivity index (χ2n) is 2.53. The number of carbonyl (C=O) groups is 1. The van der Waals surface area contributed by atoms with Crippen molar-refractivity contribution < 1.29 is 4.79 Å². The highest BCUT2D eigenvalue weighted by atomic mass is 32.1. The van der Waals surface area contributed by atoms with Crippen LogP contribution in [-0.4, -0.2) is 12.5 Å². The normalized spacial score (nSPS) is 18.7. The minimum Gasteiger partial charge on any atom is -0.355 e. The Labute approximate surface area is 69.2 Å². The summed E-state index contributed by atoms with van der Waals surface area (Å²) in [6.07, 6.45) is 0.584. The van der Waals surface area contributed by atoms with Crippen LogP contribution in [0, 0.1) is 5.92 Å². The molecule has 2 heterocycles. The van der Waals surface area contributed by atoms with Gasteiger partial charge in [0.25, 0.3) is 0 Å². The van der Waals surface area contributed by atoms with E-state index < -0.39 is 0 Å². The van der Waals surface area contributed by atoms with Gasteiger partial charge in [0, 0.05) is 23.8 Å². The Bertz CT molecular complexity index is 255. The van der Waals surface area contributed by atoms with Gasteiger partial charge in [-0.25, -0.2) is 0 Å². The van der Waals surface area contributed by atoms with E-state index in [1.165, 1.54) is 10.8 Å². The van der Waals surface area contributed by atoms with Crippen LogP contribution in [0.25, 0.3) is 0 Å². The fourth-order valence-corrected chi connectivity index (χ4v) is 1.95. The number of nitrogens with one attached hydrogen (secondary N) is 1. The summed E-state index contributed by atoms with van der Waals surface area (Å²) in [5.74, 6) is 1.37. The molecule has 0 unspecified atom stereocenters. The number of hydrogen-bond donors (Lipinski definition) is 1. The van der Waals surface area contributed by atoms with E-state index in [1.54, 1.807) is 11.3 Å². The highest BCUT2D eigenvalue weighted by Gasteiger charge is 2.23. The van der Waals surface area contributed by atoms with E-state index in [9.17, 15) is 4.79 Å². The zero-order chi connectivity index (χ0) is 7.68. The summed E-state index contributed by atoms with van der Waals surface area (Å²) in [5.41, 5.74) is 0. The number of thiophene rings is 1. The van der Waals surface area contributed by atoms with Gasteiger partial charge in [-0.1, -0.05) is 6.07 Å². The van der Waals surface area contributed by atoms with Gasteiger partial charge in [0.2, 0.25) is 5.91 Å². The predicted molar refractivity (Wildman–Crippen MR) is 44.3 cm³/mol. The maximum absolute atomic E-state index is 10.8. The van der Waals surface area contributed by atoms with Crippen LogP contribution in [0.3, 0.4) is 0 Å². The zero-order valence-corrected chi connectivity index (χ0v) is 6.78. The van der Waals surface area contributed by atoms with Gasteiger partial charge in [0.05, 0.1) is 0 Å². The maximum Gasteiger partial charge on any atom is 0.221 e. The average molecular weight is 166 g/mol. The molecular formula is C8H8NOS. The molecule has 2 rings (SSSR count). The molecule has 1 aromatic rings. The third-order valence-electron chi connectivity index (χ3n) is 1.74. The third kappa shape index (κ3) is 1.28. The van der Waals surface area contributed by atoms with E-state index in [-0.39, 0.29) is 5.91 Å². The Hall–Kier alpha value is -0.830. The highest BCUT2D eigenvalue weighted by Crippen LogP contribution is 2.25. The zero-order valence-electron chi connectivity index (χ0n) is 5.96. The minimum absolute atomic E-state index is 0.147. The van der Waals surface area contributed by atoms with Crippen LogP contribution in [0.4, 0.5) is 0 Å². The van der Waals surface area contributed by atoms with Crippen LogP contribution >= 0.6 is 11.3 Å². The Morgan fingerprint density at radius 2 is 2.45 bits per heavy atom. The van der Waals surface area contributed by atoms with Crippen molar-refractivity contribution in [3.8, 4) is 0 Å². The Morgan fingerprint density at radius 3 is 3.00 bits per heavy atom. The van der Waals surface area contributed by atoms with Crippen LogP contribution in [0.1, 0.15) is 11.3 Å². The first-order chi connectivity index (χ1) is 5.36. The van der Waals surface area contributed by atoms with Crippen molar-refractivity contribution in [3.05, 3.63) is 28.3 Å². The van der Waals surface area contributed by atoms with Crippen LogP contribution < -0.4 is 5.32 Å². The summed E-state index contributed by atoms with van der Waals surface area (Å²) in [7, 11) is 0. The molecule has 1 radical (unpaired) electrons. The summed E-state index contributed by atoms with van der Waals surface area (Å²) in [4.78, 5) is 12.1. The molecule has 1 saturated heterocycles. The Kier molecular flexibility index (Phi) is 1.66. The molecule has 0 spiro atoms. The van der Waals surface area contributed by atoms with Gasteiger partial charge in [-0.05, 0) is 11.4 Å². The van der Waals surface area contributed by atoms with E-state index in [0.29, 0.717) is 6.42 Å². The lowest BCUT2D eigenvalue weighted by atomic mass is 10.1. The molecular weight excluding hydrogens is 158 g/mol. The van der Waals surface area contributed by atoms with Gasteiger partial charge >= 0.3 is 0 Å². The first kappa shape index (κ1) is 6.85. The quantitative estimate of drug-likeness (QED) is 0.667. The molecule has 57 valence electrons. The van der Waals surface area contributed by atoms with Crippen molar-refractivity contribution >= 4 is 17.2 Å². The summed E-state index contributed by atoms with van der Waals surface area (Å²) in [5, 5.41) is 4.82. The molecule has 1 amide bonds. The Morgan fingerprint density at radius 1 is 1.55 bits per heavy atom. The molecule has 11 heavy (non-hydrogen) atoms. The topological polar surface area (TPSA) is 29.1 Å². The molecule has 0 atom stereocenters. The third-order valence-corrected chi connectivity index (χ3v) is 2.71. The first-order valence-corrected chi connectivity index (χ1v) is 4.39. The minimum atomic E-state index is 0.147. The fourth-order valence-electron chi connectivity index (χ4n) is 1.18. The first-order valence-electron chi connectivity index (χ1n) is 3.51. The number of amides is 1. The van der Waals surface area contributed by atoms with Crippen molar-refractivity contribution in [3.63, 3.8) is 0 Å². The van der Waals surface area contributed by atoms with E-state index in [1.807, 2.05) is 11.4 Å². The summed E-state index contributed by atoms with van der Waals surface area (Å²) >= 11 is 1.69. The van der Waals surface area contributed by atoms with Crippen molar-refractivity contribution in [2.75, 3.05) is 6.54 Å². The van der Waals surface area contributed by atoms with Gasteiger partial charge in [0.1, 0.15) is 0 Å². The molecule has 0 aliphatic carbocycles. The predicted octanol–water partition coefficient (Wildman–Crippen LogP) is 1.19. The summed E-state index contributed by atoms with van der Waals surface area (Å²) < 4.78 is 0. The SMILES string of the molecule is O=C1C[C](c2cccs2)CN1. The molecule has 1 N–H and O–H groups in total. The molecule has 2 nitrogen and oxygen atoms in total. The largest absolute Gasteiger partial charge is 0.355 e. The van der Waals surface area contributed by atoms with Gasteiger partial charge in [-0.3, -0.25) is 4.79 Å². The van der Waals surface area contributed by atoms with Crippen molar-refractivity contribution in [2.45, 2.75) is 6.42 Å². The van der Waals surface area contributed by atoms with E-state index >= 15 is 0 Å². The average Bonchev–Trinajstić information content (AvgIpc) is 2.55. The molecule has 0 bridgehead atoms. The van der Waals surface area contributed by atoms with E-state index in [4.69, 9.17) is 0 Å². The lowest BCUT2D eigenvalue weighted by molar-refractivity contribution is -0.118. The summed E-state index contributed by atoms with van der Waals surface area (Å²) in [6.45, 7) is 0.735. The number of hydrogen-bond acceptors (Lipinski definition) is 2. The van der Waals surface area contributed by atoms with Crippen LogP contribution in [0.5, 0.6) is 0 Å². The van der Waals surface area contributed by atoms with Gasteiger partial charge in [0.15, 0.2) is 0 Å². The molecule has 1 aromatic heterocycles. The molecule has 1 aliphatic heterocycles. The molecule has 0 aromatic carbocycles. The fraction of sp³-hybridized carbons (Fsp3) is 0.250. The molecule has 0 saturated carbocycles. The monoisotopic (exact) mass is 166 g/mol. The van der Waals surface area contributed by atoms with Crippen molar-refractivity contribution in [1.82, 2.24) is 5.32 Å². The maximum atomic E-state index is 10.8. The summed E-state index contributed by atoms with van der Waals surface area (Å²) in [6, 6.07) is 4.07. The van der Waals surface area contributed by atoms with Gasteiger partial charge < -0.3 is 5.32 Å².